The van der Waals surface area contributed by atoms with Gasteiger partial charge in [0.2, 0.25) is 0 Å². The van der Waals surface area contributed by atoms with Crippen LogP contribution in [-0.4, -0.2) is 60.4 Å². The molecule has 1 aromatic rings. The minimum Gasteiger partial charge on any atom is -0.370 e. The molecule has 0 aliphatic heterocycles. The molecule has 0 saturated heterocycles. The SMILES string of the molecule is CCNc1c(CN(C)CCCN(C)C)c(C)nn1C. The molecule has 0 amide bonds. The minimum atomic E-state index is 0.927. The molecule has 19 heavy (non-hydrogen) atoms. The van der Waals surface area contributed by atoms with Crippen LogP contribution in [0.4, 0.5) is 5.82 Å². The van der Waals surface area contributed by atoms with Gasteiger partial charge in [-0.1, -0.05) is 0 Å². The number of aryl methyl sites for hydroxylation is 2. The fourth-order valence-electron chi connectivity index (χ4n) is 2.29. The van der Waals surface area contributed by atoms with E-state index in [1.807, 2.05) is 11.7 Å². The van der Waals surface area contributed by atoms with E-state index in [1.54, 1.807) is 0 Å². The molecule has 5 heteroatoms. The third kappa shape index (κ3) is 4.84. The predicted octanol–water partition coefficient (Wildman–Crippen LogP) is 1.54. The van der Waals surface area contributed by atoms with Gasteiger partial charge in [0.25, 0.3) is 0 Å². The molecular weight excluding hydrogens is 238 g/mol. The van der Waals surface area contributed by atoms with Gasteiger partial charge in [0.1, 0.15) is 5.82 Å². The third-order valence-electron chi connectivity index (χ3n) is 3.26. The fourth-order valence-corrected chi connectivity index (χ4v) is 2.29. The summed E-state index contributed by atoms with van der Waals surface area (Å²) in [6.07, 6.45) is 1.19. The van der Waals surface area contributed by atoms with Gasteiger partial charge in [0, 0.05) is 25.7 Å². The first kappa shape index (κ1) is 16.0. The largest absolute Gasteiger partial charge is 0.370 e. The lowest BCUT2D eigenvalue weighted by molar-refractivity contribution is 0.294. The standard InChI is InChI=1S/C14H29N5/c1-7-15-14-13(12(2)16-19(14)6)11-18(5)10-8-9-17(3)4/h15H,7-11H2,1-6H3. The first-order chi connectivity index (χ1) is 8.95. The van der Waals surface area contributed by atoms with Crippen LogP contribution in [0.15, 0.2) is 0 Å². The summed E-state index contributed by atoms with van der Waals surface area (Å²) in [6.45, 7) is 8.33. The van der Waals surface area contributed by atoms with Gasteiger partial charge < -0.3 is 15.1 Å². The first-order valence-electron chi connectivity index (χ1n) is 7.05. The first-order valence-corrected chi connectivity index (χ1v) is 7.05. The van der Waals surface area contributed by atoms with E-state index in [1.165, 1.54) is 12.0 Å². The quantitative estimate of drug-likeness (QED) is 0.775. The van der Waals surface area contributed by atoms with Gasteiger partial charge in [-0.15, -0.1) is 0 Å². The van der Waals surface area contributed by atoms with Crippen molar-refractivity contribution in [1.82, 2.24) is 19.6 Å². The van der Waals surface area contributed by atoms with Crippen LogP contribution in [0, 0.1) is 6.92 Å². The lowest BCUT2D eigenvalue weighted by atomic mass is 10.2. The molecule has 1 heterocycles. The molecule has 0 aliphatic rings. The van der Waals surface area contributed by atoms with Gasteiger partial charge in [-0.05, 0) is 54.5 Å². The molecule has 1 N–H and O–H groups in total. The number of nitrogens with zero attached hydrogens (tertiary/aromatic N) is 4. The van der Waals surface area contributed by atoms with E-state index in [0.29, 0.717) is 0 Å². The van der Waals surface area contributed by atoms with Crippen LogP contribution in [0.2, 0.25) is 0 Å². The number of anilines is 1. The van der Waals surface area contributed by atoms with Crippen molar-refractivity contribution < 1.29 is 0 Å². The average molecular weight is 267 g/mol. The summed E-state index contributed by atoms with van der Waals surface area (Å²) in [5.41, 5.74) is 2.44. The number of hydrogen-bond donors (Lipinski definition) is 1. The van der Waals surface area contributed by atoms with Crippen molar-refractivity contribution in [3.63, 3.8) is 0 Å². The lowest BCUT2D eigenvalue weighted by Gasteiger charge is -2.19. The Hall–Kier alpha value is -1.07. The highest BCUT2D eigenvalue weighted by Gasteiger charge is 2.14. The molecule has 0 bridgehead atoms. The number of nitrogens with one attached hydrogen (secondary N) is 1. The summed E-state index contributed by atoms with van der Waals surface area (Å²) < 4.78 is 1.95. The molecule has 0 saturated carbocycles. The van der Waals surface area contributed by atoms with Gasteiger partial charge in [0.15, 0.2) is 0 Å². The Morgan fingerprint density at radius 1 is 1.21 bits per heavy atom. The molecule has 1 aromatic heterocycles. The van der Waals surface area contributed by atoms with Crippen molar-refractivity contribution >= 4 is 5.82 Å². The number of rotatable bonds is 8. The number of hydrogen-bond acceptors (Lipinski definition) is 4. The van der Waals surface area contributed by atoms with Crippen LogP contribution in [0.25, 0.3) is 0 Å². The van der Waals surface area contributed by atoms with Crippen LogP contribution in [0.3, 0.4) is 0 Å². The van der Waals surface area contributed by atoms with E-state index in [2.05, 4.69) is 55.2 Å². The summed E-state index contributed by atoms with van der Waals surface area (Å²) in [4.78, 5) is 4.60. The lowest BCUT2D eigenvalue weighted by Crippen LogP contribution is -2.24. The minimum absolute atomic E-state index is 0.927. The Kier molecular flexibility index (Phi) is 6.31. The smallest absolute Gasteiger partial charge is 0.128 e. The second kappa shape index (κ2) is 7.50. The molecule has 0 radical (unpaired) electrons. The molecule has 1 rings (SSSR count). The molecule has 0 spiro atoms. The van der Waals surface area contributed by atoms with Crippen molar-refractivity contribution in [3.05, 3.63) is 11.3 Å². The Morgan fingerprint density at radius 2 is 1.89 bits per heavy atom. The van der Waals surface area contributed by atoms with E-state index in [4.69, 9.17) is 0 Å². The van der Waals surface area contributed by atoms with E-state index >= 15 is 0 Å². The van der Waals surface area contributed by atoms with Crippen molar-refractivity contribution in [2.24, 2.45) is 7.05 Å². The summed E-state index contributed by atoms with van der Waals surface area (Å²) >= 11 is 0. The molecule has 0 aromatic carbocycles. The van der Waals surface area contributed by atoms with Crippen molar-refractivity contribution in [1.29, 1.82) is 0 Å². The highest BCUT2D eigenvalue weighted by Crippen LogP contribution is 2.20. The summed E-state index contributed by atoms with van der Waals surface area (Å²) in [5.74, 6) is 1.15. The van der Waals surface area contributed by atoms with E-state index in [9.17, 15) is 0 Å². The maximum atomic E-state index is 4.51. The molecule has 5 nitrogen and oxygen atoms in total. The van der Waals surface area contributed by atoms with Gasteiger partial charge in [-0.3, -0.25) is 4.68 Å². The second-order valence-corrected chi connectivity index (χ2v) is 5.46. The predicted molar refractivity (Wildman–Crippen MR) is 81.6 cm³/mol. The van der Waals surface area contributed by atoms with Crippen molar-refractivity contribution in [2.45, 2.75) is 26.8 Å². The fraction of sp³-hybridized carbons (Fsp3) is 0.786. The zero-order valence-corrected chi connectivity index (χ0v) is 13.3. The van der Waals surface area contributed by atoms with Crippen LogP contribution in [0.5, 0.6) is 0 Å². The van der Waals surface area contributed by atoms with Crippen molar-refractivity contribution in [3.8, 4) is 0 Å². The average Bonchev–Trinajstić information content (AvgIpc) is 2.56. The summed E-state index contributed by atoms with van der Waals surface area (Å²) in [5, 5.41) is 7.92. The normalized spacial score (nSPS) is 11.6. The van der Waals surface area contributed by atoms with Crippen LogP contribution in [0.1, 0.15) is 24.6 Å². The maximum absolute atomic E-state index is 4.51. The Labute approximate surface area is 117 Å². The molecule has 0 atom stereocenters. The second-order valence-electron chi connectivity index (χ2n) is 5.46. The Bertz CT molecular complexity index is 383. The molecule has 0 aliphatic carbocycles. The van der Waals surface area contributed by atoms with Gasteiger partial charge in [-0.2, -0.15) is 5.10 Å². The molecule has 0 fully saturated rings. The summed E-state index contributed by atoms with van der Waals surface area (Å²) in [7, 11) is 8.42. The van der Waals surface area contributed by atoms with Gasteiger partial charge in [-0.25, -0.2) is 0 Å². The topological polar surface area (TPSA) is 36.3 Å². The van der Waals surface area contributed by atoms with Gasteiger partial charge >= 0.3 is 0 Å². The van der Waals surface area contributed by atoms with Crippen LogP contribution >= 0.6 is 0 Å². The van der Waals surface area contributed by atoms with Crippen molar-refractivity contribution in [2.75, 3.05) is 46.1 Å². The molecular formula is C14H29N5. The van der Waals surface area contributed by atoms with Crippen LogP contribution < -0.4 is 5.32 Å². The monoisotopic (exact) mass is 267 g/mol. The Balaban J connectivity index is 2.60. The highest BCUT2D eigenvalue weighted by atomic mass is 15.3. The molecule has 110 valence electrons. The zero-order valence-electron chi connectivity index (χ0n) is 13.3. The summed E-state index contributed by atoms with van der Waals surface area (Å²) in [6, 6.07) is 0. The van der Waals surface area contributed by atoms with E-state index < -0.39 is 0 Å². The number of aromatic nitrogens is 2. The molecule has 0 unspecified atom stereocenters. The maximum Gasteiger partial charge on any atom is 0.128 e. The Morgan fingerprint density at radius 3 is 2.47 bits per heavy atom. The van der Waals surface area contributed by atoms with E-state index in [0.717, 1.165) is 37.7 Å². The highest BCUT2D eigenvalue weighted by molar-refractivity contribution is 5.47. The van der Waals surface area contributed by atoms with Gasteiger partial charge in [0.05, 0.1) is 5.69 Å². The zero-order chi connectivity index (χ0) is 14.4. The third-order valence-corrected chi connectivity index (χ3v) is 3.26. The van der Waals surface area contributed by atoms with Crippen LogP contribution in [-0.2, 0) is 13.6 Å². The van der Waals surface area contributed by atoms with E-state index in [-0.39, 0.29) is 0 Å².